The lowest BCUT2D eigenvalue weighted by Gasteiger charge is -2.37. The Kier molecular flexibility index (Phi) is 3.95. The number of nitrogens with zero attached hydrogens (tertiary/aromatic N) is 2. The molecule has 0 radical (unpaired) electrons. The molecule has 120 valence electrons. The zero-order valence-electron chi connectivity index (χ0n) is 13.1. The number of piperidine rings is 1. The summed E-state index contributed by atoms with van der Waals surface area (Å²) < 4.78 is 0. The fourth-order valence-electron chi connectivity index (χ4n) is 3.29. The zero-order chi connectivity index (χ0) is 15.8. The van der Waals surface area contributed by atoms with E-state index in [0.717, 1.165) is 31.6 Å². The first-order valence-corrected chi connectivity index (χ1v) is 8.06. The highest BCUT2D eigenvalue weighted by molar-refractivity contribution is 5.79. The minimum absolute atomic E-state index is 0.224. The molecule has 1 aliphatic carbocycles. The number of Topliss-reactive ketones (excluding diaryl/α,β-unsaturated/α-hetero) is 1. The average Bonchev–Trinajstić information content (AvgIpc) is 2.51. The molecule has 2 fully saturated rings. The maximum absolute atomic E-state index is 11.3. The van der Waals surface area contributed by atoms with E-state index in [1.807, 2.05) is 19.1 Å². The summed E-state index contributed by atoms with van der Waals surface area (Å²) in [5.41, 5.74) is 0.161. The first-order chi connectivity index (χ1) is 10.4. The van der Waals surface area contributed by atoms with Crippen molar-refractivity contribution in [3.63, 3.8) is 0 Å². The van der Waals surface area contributed by atoms with Gasteiger partial charge in [0.2, 0.25) is 0 Å². The molecule has 0 unspecified atom stereocenters. The van der Waals surface area contributed by atoms with E-state index in [9.17, 15) is 15.0 Å². The van der Waals surface area contributed by atoms with Crippen LogP contribution in [0.1, 0.15) is 51.1 Å². The van der Waals surface area contributed by atoms with Crippen LogP contribution in [-0.2, 0) is 10.4 Å². The van der Waals surface area contributed by atoms with Crippen LogP contribution in [0.4, 0.5) is 5.69 Å². The van der Waals surface area contributed by atoms with E-state index in [4.69, 9.17) is 0 Å². The van der Waals surface area contributed by atoms with E-state index in [1.165, 1.54) is 0 Å². The van der Waals surface area contributed by atoms with Gasteiger partial charge in [-0.05, 0) is 44.7 Å². The Morgan fingerprint density at radius 3 is 2.27 bits per heavy atom. The third-order valence-corrected chi connectivity index (χ3v) is 5.07. The van der Waals surface area contributed by atoms with Crippen LogP contribution in [0.3, 0.4) is 0 Å². The van der Waals surface area contributed by atoms with Crippen molar-refractivity contribution in [1.82, 2.24) is 4.98 Å². The summed E-state index contributed by atoms with van der Waals surface area (Å²) in [5, 5.41) is 20.7. The summed E-state index contributed by atoms with van der Waals surface area (Å²) in [6.45, 7) is 3.51. The molecule has 1 saturated carbocycles. The van der Waals surface area contributed by atoms with Crippen LogP contribution < -0.4 is 4.90 Å². The molecule has 0 atom stereocenters. The van der Waals surface area contributed by atoms with Crippen molar-refractivity contribution in [2.75, 3.05) is 18.0 Å². The van der Waals surface area contributed by atoms with Gasteiger partial charge in [0.25, 0.3) is 0 Å². The topological polar surface area (TPSA) is 73.7 Å². The summed E-state index contributed by atoms with van der Waals surface area (Å²) in [5.74, 6) is 0.224. The molecular formula is C17H24N2O3. The molecule has 2 heterocycles. The van der Waals surface area contributed by atoms with Crippen LogP contribution in [0.5, 0.6) is 0 Å². The maximum Gasteiger partial charge on any atom is 0.133 e. The van der Waals surface area contributed by atoms with E-state index in [-0.39, 0.29) is 5.78 Å². The van der Waals surface area contributed by atoms with Crippen molar-refractivity contribution in [3.8, 4) is 0 Å². The maximum atomic E-state index is 11.3. The van der Waals surface area contributed by atoms with Gasteiger partial charge in [0.05, 0.1) is 23.2 Å². The number of carbonyl (C=O) groups is 1. The second kappa shape index (κ2) is 5.63. The number of carbonyl (C=O) groups excluding carboxylic acids is 1. The summed E-state index contributed by atoms with van der Waals surface area (Å²) >= 11 is 0. The highest BCUT2D eigenvalue weighted by Gasteiger charge is 2.35. The van der Waals surface area contributed by atoms with Gasteiger partial charge in [0.15, 0.2) is 0 Å². The number of aliphatic hydroxyl groups is 2. The van der Waals surface area contributed by atoms with Gasteiger partial charge in [-0.25, -0.2) is 0 Å². The quantitative estimate of drug-likeness (QED) is 0.871. The lowest BCUT2D eigenvalue weighted by Crippen LogP contribution is -2.42. The Labute approximate surface area is 131 Å². The number of hydrogen-bond donors (Lipinski definition) is 2. The highest BCUT2D eigenvalue weighted by Crippen LogP contribution is 2.35. The molecule has 0 bridgehead atoms. The Balaban J connectivity index is 1.69. The van der Waals surface area contributed by atoms with Crippen molar-refractivity contribution in [2.24, 2.45) is 0 Å². The van der Waals surface area contributed by atoms with Crippen LogP contribution in [-0.4, -0.2) is 39.7 Å². The number of rotatable bonds is 2. The number of pyridine rings is 1. The molecule has 1 aliphatic heterocycles. The van der Waals surface area contributed by atoms with Crippen LogP contribution in [0.2, 0.25) is 0 Å². The Hall–Kier alpha value is -1.46. The normalized spacial score (nSPS) is 24.3. The number of anilines is 1. The third-order valence-electron chi connectivity index (χ3n) is 5.07. The minimum Gasteiger partial charge on any atom is -0.390 e. The predicted molar refractivity (Wildman–Crippen MR) is 83.7 cm³/mol. The third kappa shape index (κ3) is 3.15. The van der Waals surface area contributed by atoms with Crippen LogP contribution >= 0.6 is 0 Å². The fraction of sp³-hybridized carbons (Fsp3) is 0.647. The molecule has 0 amide bonds. The molecule has 2 N–H and O–H groups in total. The van der Waals surface area contributed by atoms with Gasteiger partial charge in [0.1, 0.15) is 11.4 Å². The predicted octanol–water partition coefficient (Wildman–Crippen LogP) is 1.76. The monoisotopic (exact) mass is 304 g/mol. The molecule has 0 aromatic carbocycles. The van der Waals surface area contributed by atoms with Crippen LogP contribution in [0, 0.1) is 0 Å². The van der Waals surface area contributed by atoms with Gasteiger partial charge < -0.3 is 15.1 Å². The average molecular weight is 304 g/mol. The van der Waals surface area contributed by atoms with Gasteiger partial charge >= 0.3 is 0 Å². The van der Waals surface area contributed by atoms with E-state index in [0.29, 0.717) is 31.4 Å². The summed E-state index contributed by atoms with van der Waals surface area (Å²) in [4.78, 5) is 18.0. The molecule has 5 heteroatoms. The Morgan fingerprint density at radius 2 is 1.73 bits per heavy atom. The van der Waals surface area contributed by atoms with Gasteiger partial charge in [0, 0.05) is 25.9 Å². The number of hydrogen-bond acceptors (Lipinski definition) is 5. The number of ketones is 1. The smallest absolute Gasteiger partial charge is 0.133 e. The molecule has 1 aromatic rings. The lowest BCUT2D eigenvalue weighted by atomic mass is 9.81. The molecular weight excluding hydrogens is 280 g/mol. The first kappa shape index (κ1) is 15.4. The Bertz CT molecular complexity index is 534. The fourth-order valence-corrected chi connectivity index (χ4v) is 3.29. The second-order valence-corrected chi connectivity index (χ2v) is 6.96. The van der Waals surface area contributed by atoms with Crippen LogP contribution in [0.15, 0.2) is 18.3 Å². The van der Waals surface area contributed by atoms with E-state index in [1.54, 1.807) is 6.20 Å². The molecule has 22 heavy (non-hydrogen) atoms. The molecule has 2 aliphatic rings. The van der Waals surface area contributed by atoms with Crippen molar-refractivity contribution in [2.45, 2.75) is 56.7 Å². The standard InChI is InChI=1S/C17H24N2O3/c1-16(21)8-10-19(11-9-16)13-2-3-15(18-12-13)17(22)6-4-14(20)5-7-17/h2-3,12,21-22H,4-11H2,1H3. The summed E-state index contributed by atoms with van der Waals surface area (Å²) in [7, 11) is 0. The van der Waals surface area contributed by atoms with Crippen molar-refractivity contribution in [1.29, 1.82) is 0 Å². The van der Waals surface area contributed by atoms with Gasteiger partial charge in [-0.1, -0.05) is 0 Å². The lowest BCUT2D eigenvalue weighted by molar-refractivity contribution is -0.125. The van der Waals surface area contributed by atoms with Crippen molar-refractivity contribution in [3.05, 3.63) is 24.0 Å². The minimum atomic E-state index is -0.960. The van der Waals surface area contributed by atoms with Gasteiger partial charge in [-0.15, -0.1) is 0 Å². The van der Waals surface area contributed by atoms with Crippen molar-refractivity contribution >= 4 is 11.5 Å². The number of aromatic nitrogens is 1. The summed E-state index contributed by atoms with van der Waals surface area (Å²) in [6, 6.07) is 3.86. The molecule has 3 rings (SSSR count). The highest BCUT2D eigenvalue weighted by atomic mass is 16.3. The van der Waals surface area contributed by atoms with E-state index < -0.39 is 11.2 Å². The van der Waals surface area contributed by atoms with Crippen LogP contribution in [0.25, 0.3) is 0 Å². The van der Waals surface area contributed by atoms with Crippen molar-refractivity contribution < 1.29 is 15.0 Å². The summed E-state index contributed by atoms with van der Waals surface area (Å²) in [6.07, 6.45) is 5.09. The zero-order valence-corrected chi connectivity index (χ0v) is 13.1. The largest absolute Gasteiger partial charge is 0.390 e. The first-order valence-electron chi connectivity index (χ1n) is 8.06. The Morgan fingerprint density at radius 1 is 1.09 bits per heavy atom. The SMILES string of the molecule is CC1(O)CCN(c2ccc(C3(O)CCC(=O)CC3)nc2)CC1. The molecule has 0 spiro atoms. The van der Waals surface area contributed by atoms with E-state index in [2.05, 4.69) is 9.88 Å². The molecule has 1 aromatic heterocycles. The van der Waals surface area contributed by atoms with Gasteiger partial charge in [-0.3, -0.25) is 9.78 Å². The van der Waals surface area contributed by atoms with E-state index >= 15 is 0 Å². The molecule has 1 saturated heterocycles. The molecule has 5 nitrogen and oxygen atoms in total. The van der Waals surface area contributed by atoms with Gasteiger partial charge in [-0.2, -0.15) is 0 Å². The second-order valence-electron chi connectivity index (χ2n) is 6.96.